The minimum Gasteiger partial charge on any atom is -0.244 e. The van der Waals surface area contributed by atoms with Gasteiger partial charge in [-0.15, -0.1) is 0 Å². The number of aromatic nitrogens is 2. The van der Waals surface area contributed by atoms with Gasteiger partial charge < -0.3 is 0 Å². The van der Waals surface area contributed by atoms with Gasteiger partial charge in [0.1, 0.15) is 10.9 Å². The van der Waals surface area contributed by atoms with Gasteiger partial charge in [-0.1, -0.05) is 19.3 Å². The predicted molar refractivity (Wildman–Crippen MR) is 55.6 cm³/mol. The Balaban J connectivity index is 2.18. The van der Waals surface area contributed by atoms with Crippen LogP contribution >= 0.6 is 15.9 Å². The van der Waals surface area contributed by atoms with Crippen molar-refractivity contribution in [2.75, 3.05) is 0 Å². The van der Waals surface area contributed by atoms with E-state index >= 15 is 0 Å². The number of halogens is 1. The van der Waals surface area contributed by atoms with E-state index in [9.17, 15) is 0 Å². The molecule has 2 nitrogen and oxygen atoms in total. The minimum absolute atomic E-state index is 0.685. The summed E-state index contributed by atoms with van der Waals surface area (Å²) >= 11 is 3.48. The number of nitrogens with zero attached hydrogens (tertiary/aromatic N) is 2. The highest BCUT2D eigenvalue weighted by molar-refractivity contribution is 9.10. The summed E-state index contributed by atoms with van der Waals surface area (Å²) in [5.74, 6) is 0.685. The summed E-state index contributed by atoms with van der Waals surface area (Å²) in [5.41, 5.74) is 1.29. The van der Waals surface area contributed by atoms with Crippen molar-refractivity contribution in [2.45, 2.75) is 38.0 Å². The van der Waals surface area contributed by atoms with E-state index in [1.807, 2.05) is 6.20 Å². The van der Waals surface area contributed by atoms with Gasteiger partial charge in [0.15, 0.2) is 0 Å². The molecular formula is C10H13BrN2. The fourth-order valence-corrected chi connectivity index (χ4v) is 2.53. The van der Waals surface area contributed by atoms with Crippen molar-refractivity contribution in [3.8, 4) is 0 Å². The van der Waals surface area contributed by atoms with E-state index in [0.29, 0.717) is 5.92 Å². The molecule has 1 aromatic heterocycles. The van der Waals surface area contributed by atoms with Crippen LogP contribution in [-0.4, -0.2) is 9.97 Å². The smallest absolute Gasteiger partial charge is 0.116 e. The Bertz CT molecular complexity index is 282. The lowest BCUT2D eigenvalue weighted by Gasteiger charge is -2.21. The van der Waals surface area contributed by atoms with Crippen molar-refractivity contribution in [2.24, 2.45) is 0 Å². The van der Waals surface area contributed by atoms with Gasteiger partial charge in [-0.25, -0.2) is 9.97 Å². The van der Waals surface area contributed by atoms with Gasteiger partial charge in [0.2, 0.25) is 0 Å². The van der Waals surface area contributed by atoms with Crippen molar-refractivity contribution >= 4 is 15.9 Å². The summed E-state index contributed by atoms with van der Waals surface area (Å²) in [6.45, 7) is 0. The van der Waals surface area contributed by atoms with E-state index in [2.05, 4.69) is 25.9 Å². The Hall–Kier alpha value is -0.440. The molecule has 0 unspecified atom stereocenters. The largest absolute Gasteiger partial charge is 0.244 e. The molecule has 13 heavy (non-hydrogen) atoms. The molecule has 1 fully saturated rings. The van der Waals surface area contributed by atoms with Gasteiger partial charge in [-0.05, 0) is 34.7 Å². The zero-order chi connectivity index (χ0) is 9.10. The lowest BCUT2D eigenvalue weighted by atomic mass is 9.85. The average molecular weight is 241 g/mol. The molecule has 0 atom stereocenters. The molecule has 1 aliphatic carbocycles. The fourth-order valence-electron chi connectivity index (χ4n) is 2.01. The third-order valence-electron chi connectivity index (χ3n) is 2.73. The predicted octanol–water partition coefficient (Wildman–Crippen LogP) is 3.29. The standard InChI is InChI=1S/C10H13BrN2/c11-10-9(6-12-7-13-10)8-4-2-1-3-5-8/h6-8H,1-5H2. The van der Waals surface area contributed by atoms with Crippen molar-refractivity contribution in [3.05, 3.63) is 22.7 Å². The topological polar surface area (TPSA) is 25.8 Å². The Morgan fingerprint density at radius 1 is 1.23 bits per heavy atom. The summed E-state index contributed by atoms with van der Waals surface area (Å²) in [6, 6.07) is 0. The highest BCUT2D eigenvalue weighted by Gasteiger charge is 2.18. The fraction of sp³-hybridized carbons (Fsp3) is 0.600. The normalized spacial score (nSPS) is 18.8. The van der Waals surface area contributed by atoms with Gasteiger partial charge in [-0.3, -0.25) is 0 Å². The van der Waals surface area contributed by atoms with E-state index in [-0.39, 0.29) is 0 Å². The summed E-state index contributed by atoms with van der Waals surface area (Å²) < 4.78 is 0.981. The van der Waals surface area contributed by atoms with Crippen LogP contribution < -0.4 is 0 Å². The molecule has 0 aromatic carbocycles. The summed E-state index contributed by atoms with van der Waals surface area (Å²) in [4.78, 5) is 8.24. The molecule has 70 valence electrons. The highest BCUT2D eigenvalue weighted by Crippen LogP contribution is 2.34. The molecule has 1 heterocycles. The average Bonchev–Trinajstić information content (AvgIpc) is 2.20. The number of hydrogen-bond acceptors (Lipinski definition) is 2. The zero-order valence-electron chi connectivity index (χ0n) is 7.54. The Labute approximate surface area is 86.9 Å². The van der Waals surface area contributed by atoms with Crippen molar-refractivity contribution in [1.29, 1.82) is 0 Å². The first-order valence-electron chi connectivity index (χ1n) is 4.83. The second-order valence-corrected chi connectivity index (χ2v) is 4.35. The summed E-state index contributed by atoms with van der Waals surface area (Å²) in [6.07, 6.45) is 10.2. The molecule has 0 saturated heterocycles. The van der Waals surface area contributed by atoms with E-state index < -0.39 is 0 Å². The summed E-state index contributed by atoms with van der Waals surface area (Å²) in [7, 11) is 0. The van der Waals surface area contributed by atoms with Crippen LogP contribution in [0.2, 0.25) is 0 Å². The maximum absolute atomic E-state index is 4.16. The molecule has 0 spiro atoms. The molecule has 0 radical (unpaired) electrons. The van der Waals surface area contributed by atoms with Crippen molar-refractivity contribution < 1.29 is 0 Å². The second-order valence-electron chi connectivity index (χ2n) is 3.60. The van der Waals surface area contributed by atoms with Crippen LogP contribution in [0.25, 0.3) is 0 Å². The molecule has 0 N–H and O–H groups in total. The zero-order valence-corrected chi connectivity index (χ0v) is 9.13. The molecule has 1 aromatic rings. The number of rotatable bonds is 1. The maximum Gasteiger partial charge on any atom is 0.116 e. The molecule has 1 aliphatic rings. The highest BCUT2D eigenvalue weighted by atomic mass is 79.9. The first-order chi connectivity index (χ1) is 6.38. The van der Waals surface area contributed by atoms with Gasteiger partial charge >= 0.3 is 0 Å². The first kappa shape index (κ1) is 9.13. The van der Waals surface area contributed by atoms with Gasteiger partial charge in [0.25, 0.3) is 0 Å². The van der Waals surface area contributed by atoms with Gasteiger partial charge in [0.05, 0.1) is 0 Å². The molecule has 0 bridgehead atoms. The molecule has 1 saturated carbocycles. The van der Waals surface area contributed by atoms with Crippen LogP contribution in [0.1, 0.15) is 43.6 Å². The maximum atomic E-state index is 4.16. The molecule has 3 heteroatoms. The van der Waals surface area contributed by atoms with Crippen LogP contribution in [0.3, 0.4) is 0 Å². The third-order valence-corrected chi connectivity index (χ3v) is 3.40. The van der Waals surface area contributed by atoms with E-state index in [0.717, 1.165) is 4.60 Å². The van der Waals surface area contributed by atoms with Gasteiger partial charge in [-0.2, -0.15) is 0 Å². The van der Waals surface area contributed by atoms with Gasteiger partial charge in [0, 0.05) is 11.8 Å². The lowest BCUT2D eigenvalue weighted by molar-refractivity contribution is 0.440. The van der Waals surface area contributed by atoms with Crippen molar-refractivity contribution in [1.82, 2.24) is 9.97 Å². The minimum atomic E-state index is 0.685. The van der Waals surface area contributed by atoms with Crippen molar-refractivity contribution in [3.63, 3.8) is 0 Å². The Morgan fingerprint density at radius 2 is 2.00 bits per heavy atom. The lowest BCUT2D eigenvalue weighted by Crippen LogP contribution is -2.06. The Morgan fingerprint density at radius 3 is 2.69 bits per heavy atom. The SMILES string of the molecule is Brc1ncncc1C1CCCCC1. The summed E-state index contributed by atoms with van der Waals surface area (Å²) in [5, 5.41) is 0. The first-order valence-corrected chi connectivity index (χ1v) is 5.62. The monoisotopic (exact) mass is 240 g/mol. The van der Waals surface area contributed by atoms with E-state index in [1.54, 1.807) is 6.33 Å². The quantitative estimate of drug-likeness (QED) is 0.705. The third kappa shape index (κ3) is 2.08. The molecule has 0 amide bonds. The van der Waals surface area contributed by atoms with Crippen LogP contribution in [-0.2, 0) is 0 Å². The number of hydrogen-bond donors (Lipinski definition) is 0. The molecular weight excluding hydrogens is 228 g/mol. The van der Waals surface area contributed by atoms with E-state index in [4.69, 9.17) is 0 Å². The second kappa shape index (κ2) is 4.18. The molecule has 2 rings (SSSR count). The van der Waals surface area contributed by atoms with Crippen LogP contribution in [0.4, 0.5) is 0 Å². The van der Waals surface area contributed by atoms with Crippen LogP contribution in [0, 0.1) is 0 Å². The van der Waals surface area contributed by atoms with Crippen LogP contribution in [0.5, 0.6) is 0 Å². The molecule has 0 aliphatic heterocycles. The van der Waals surface area contributed by atoms with E-state index in [1.165, 1.54) is 37.7 Å². The Kier molecular flexibility index (Phi) is 2.94. The van der Waals surface area contributed by atoms with Crippen LogP contribution in [0.15, 0.2) is 17.1 Å².